The monoisotopic (exact) mass is 493 g/mol. The number of hydrogen-bond donors (Lipinski definition) is 1. The smallest absolute Gasteiger partial charge is 0.357 e. The van der Waals surface area contributed by atoms with Crippen molar-refractivity contribution < 1.29 is 9.53 Å². The maximum Gasteiger partial charge on any atom is 0.357 e. The summed E-state index contributed by atoms with van der Waals surface area (Å²) in [6.07, 6.45) is 0. The highest BCUT2D eigenvalue weighted by atomic mass is 32.1. The number of benzene rings is 1. The fraction of sp³-hybridized carbons (Fsp3) is 0.240. The minimum absolute atomic E-state index is 0.170. The summed E-state index contributed by atoms with van der Waals surface area (Å²) in [6, 6.07) is 7.74. The first kappa shape index (κ1) is 22.4. The van der Waals surface area contributed by atoms with Crippen LogP contribution in [0.1, 0.15) is 42.4 Å². The molecule has 0 saturated carbocycles. The largest absolute Gasteiger partial charge is 0.455 e. The number of nitrogens with one attached hydrogen (secondary N) is 1. The predicted molar refractivity (Wildman–Crippen MR) is 137 cm³/mol. The highest BCUT2D eigenvalue weighted by molar-refractivity contribution is 7.09. The Labute approximate surface area is 202 Å². The lowest BCUT2D eigenvalue weighted by molar-refractivity contribution is 0.00588. The number of carbonyl (C=O) groups excluding carboxylic acids is 1. The number of fused-ring (bicyclic) bond motifs is 2. The second kappa shape index (κ2) is 8.11. The summed E-state index contributed by atoms with van der Waals surface area (Å²) in [6.45, 7) is 7.69. The van der Waals surface area contributed by atoms with Crippen molar-refractivity contribution in [1.82, 2.24) is 14.1 Å². The summed E-state index contributed by atoms with van der Waals surface area (Å²) in [7, 11) is 0. The Morgan fingerprint density at radius 3 is 2.56 bits per heavy atom. The van der Waals surface area contributed by atoms with Crippen LogP contribution in [0.3, 0.4) is 0 Å². The summed E-state index contributed by atoms with van der Waals surface area (Å²) >= 11 is 2.90. The van der Waals surface area contributed by atoms with Crippen molar-refractivity contribution in [2.45, 2.75) is 39.8 Å². The van der Waals surface area contributed by atoms with Gasteiger partial charge in [0, 0.05) is 22.7 Å². The van der Waals surface area contributed by atoms with E-state index >= 15 is 0 Å². The van der Waals surface area contributed by atoms with Crippen molar-refractivity contribution in [2.75, 3.05) is 0 Å². The van der Waals surface area contributed by atoms with Crippen molar-refractivity contribution >= 4 is 50.4 Å². The first-order chi connectivity index (χ1) is 16.1. The van der Waals surface area contributed by atoms with Gasteiger partial charge in [-0.15, -0.1) is 11.3 Å². The van der Waals surface area contributed by atoms with E-state index in [-0.39, 0.29) is 11.4 Å². The van der Waals surface area contributed by atoms with Gasteiger partial charge in [-0.2, -0.15) is 11.3 Å². The van der Waals surface area contributed by atoms with Gasteiger partial charge in [0.05, 0.1) is 22.1 Å². The van der Waals surface area contributed by atoms with Gasteiger partial charge >= 0.3 is 11.7 Å². The molecule has 0 aliphatic rings. The molecule has 9 heteroatoms. The number of aryl methyl sites for hydroxylation is 1. The Hall–Kier alpha value is -3.43. The Morgan fingerprint density at radius 2 is 1.85 bits per heavy atom. The van der Waals surface area contributed by atoms with E-state index in [4.69, 9.17) is 4.74 Å². The zero-order chi connectivity index (χ0) is 24.2. The van der Waals surface area contributed by atoms with E-state index in [0.717, 1.165) is 21.2 Å². The van der Waals surface area contributed by atoms with Crippen LogP contribution in [0.2, 0.25) is 0 Å². The summed E-state index contributed by atoms with van der Waals surface area (Å²) < 4.78 is 8.68. The van der Waals surface area contributed by atoms with Crippen LogP contribution in [-0.4, -0.2) is 25.7 Å². The normalized spacial score (nSPS) is 12.0. The molecule has 0 bridgehead atoms. The molecule has 7 nitrogen and oxygen atoms in total. The van der Waals surface area contributed by atoms with Gasteiger partial charge in [0.25, 0.3) is 5.56 Å². The first-order valence-electron chi connectivity index (χ1n) is 10.7. The van der Waals surface area contributed by atoms with Crippen molar-refractivity contribution in [3.8, 4) is 5.69 Å². The highest BCUT2D eigenvalue weighted by Crippen LogP contribution is 2.32. The molecule has 0 spiro atoms. The van der Waals surface area contributed by atoms with E-state index in [9.17, 15) is 14.4 Å². The minimum atomic E-state index is -0.761. The first-order valence-corrected chi connectivity index (χ1v) is 12.6. The number of esters is 1. The molecular formula is C25H23N3O4S2. The van der Waals surface area contributed by atoms with Gasteiger partial charge in [-0.05, 0) is 62.2 Å². The molecule has 4 heterocycles. The molecule has 34 heavy (non-hydrogen) atoms. The third-order valence-electron chi connectivity index (χ3n) is 5.47. The summed E-state index contributed by atoms with van der Waals surface area (Å²) in [4.78, 5) is 43.1. The molecule has 0 fully saturated rings. The second-order valence-electron chi connectivity index (χ2n) is 9.21. The Morgan fingerprint density at radius 1 is 1.06 bits per heavy atom. The molecule has 174 valence electrons. The number of aromatic nitrogens is 3. The van der Waals surface area contributed by atoms with E-state index in [1.54, 1.807) is 42.9 Å². The van der Waals surface area contributed by atoms with Crippen LogP contribution >= 0.6 is 22.7 Å². The van der Waals surface area contributed by atoms with Gasteiger partial charge in [-0.1, -0.05) is 11.6 Å². The zero-order valence-electron chi connectivity index (χ0n) is 19.2. The minimum Gasteiger partial charge on any atom is -0.455 e. The van der Waals surface area contributed by atoms with Gasteiger partial charge in [-0.3, -0.25) is 4.79 Å². The number of hydrogen-bond acceptors (Lipinski definition) is 6. The average molecular weight is 494 g/mol. The predicted octanol–water partition coefficient (Wildman–Crippen LogP) is 5.07. The number of ether oxygens (including phenoxy) is 1. The molecule has 1 aromatic carbocycles. The molecule has 0 amide bonds. The topological polar surface area (TPSA) is 86.1 Å². The van der Waals surface area contributed by atoms with Gasteiger partial charge < -0.3 is 14.3 Å². The van der Waals surface area contributed by atoms with Crippen LogP contribution in [0.15, 0.2) is 55.4 Å². The Balaban J connectivity index is 1.92. The van der Waals surface area contributed by atoms with Crippen LogP contribution in [0.25, 0.3) is 27.5 Å². The van der Waals surface area contributed by atoms with E-state index in [1.165, 1.54) is 11.3 Å². The number of carbonyl (C=O) groups is 1. The van der Waals surface area contributed by atoms with Gasteiger partial charge in [0.2, 0.25) is 0 Å². The molecular weight excluding hydrogens is 470 g/mol. The van der Waals surface area contributed by atoms with Crippen molar-refractivity contribution in [3.05, 3.63) is 83.4 Å². The maximum absolute atomic E-state index is 13.6. The lowest BCUT2D eigenvalue weighted by Crippen LogP contribution is -2.35. The van der Waals surface area contributed by atoms with Crippen molar-refractivity contribution in [3.63, 3.8) is 0 Å². The highest BCUT2D eigenvalue weighted by Gasteiger charge is 2.30. The van der Waals surface area contributed by atoms with Crippen molar-refractivity contribution in [2.24, 2.45) is 0 Å². The third-order valence-corrected chi connectivity index (χ3v) is 6.94. The lowest BCUT2D eigenvalue weighted by Gasteiger charge is -2.21. The number of nitrogens with zero attached hydrogens (tertiary/aromatic N) is 2. The molecule has 5 rings (SSSR count). The lowest BCUT2D eigenvalue weighted by atomic mass is 10.1. The van der Waals surface area contributed by atoms with Crippen LogP contribution in [0.4, 0.5) is 0 Å². The van der Waals surface area contributed by atoms with E-state index < -0.39 is 22.8 Å². The Kier molecular flexibility index (Phi) is 5.33. The van der Waals surface area contributed by atoms with Gasteiger partial charge in [0.15, 0.2) is 5.69 Å². The standard InChI is InChI=1S/C25H23N3O4S2/c1-14-5-6-19-16(9-14)20(28-22(29)17-12-34-13-18(17)26-24(28)31)21(23(30)32-25(2,3)4)27(19)10-15-7-8-33-11-15/h5-9,11-13H,10H2,1-4H3,(H,26,31). The molecule has 5 aromatic rings. The zero-order valence-corrected chi connectivity index (χ0v) is 20.8. The summed E-state index contributed by atoms with van der Waals surface area (Å²) in [5, 5.41) is 8.44. The van der Waals surface area contributed by atoms with Gasteiger partial charge in [0.1, 0.15) is 5.60 Å². The molecule has 1 N–H and O–H groups in total. The van der Waals surface area contributed by atoms with Crippen LogP contribution in [0.5, 0.6) is 0 Å². The van der Waals surface area contributed by atoms with Crippen molar-refractivity contribution in [1.29, 1.82) is 0 Å². The summed E-state index contributed by atoms with van der Waals surface area (Å²) in [5.74, 6) is -0.594. The molecule has 0 atom stereocenters. The SMILES string of the molecule is Cc1ccc2c(c1)c(-n1c(=O)[nH]c3cscc3c1=O)c(C(=O)OC(C)(C)C)n2Cc1ccsc1. The fourth-order valence-corrected chi connectivity index (χ4v) is 5.50. The number of rotatable bonds is 4. The van der Waals surface area contributed by atoms with Gasteiger partial charge in [-0.25, -0.2) is 14.2 Å². The van der Waals surface area contributed by atoms with Crippen LogP contribution in [0, 0.1) is 6.92 Å². The molecule has 0 radical (unpaired) electrons. The number of H-pyrrole nitrogens is 1. The number of aromatic amines is 1. The number of thiophene rings is 2. The quantitative estimate of drug-likeness (QED) is 0.354. The molecule has 0 unspecified atom stereocenters. The average Bonchev–Trinajstić information content (AvgIpc) is 3.47. The fourth-order valence-electron chi connectivity index (χ4n) is 4.09. The van der Waals surface area contributed by atoms with Crippen LogP contribution < -0.4 is 11.2 Å². The van der Waals surface area contributed by atoms with E-state index in [1.807, 2.05) is 46.5 Å². The second-order valence-corrected chi connectivity index (χ2v) is 10.7. The Bertz CT molecular complexity index is 1660. The molecule has 0 aliphatic heterocycles. The van der Waals surface area contributed by atoms with Crippen LogP contribution in [-0.2, 0) is 11.3 Å². The molecule has 4 aromatic heterocycles. The molecule has 0 saturated heterocycles. The van der Waals surface area contributed by atoms with E-state index in [0.29, 0.717) is 22.8 Å². The molecule has 0 aliphatic carbocycles. The summed E-state index contributed by atoms with van der Waals surface area (Å²) in [5.41, 5.74) is 1.75. The maximum atomic E-state index is 13.6. The van der Waals surface area contributed by atoms with E-state index in [2.05, 4.69) is 4.98 Å². The third kappa shape index (κ3) is 3.80.